The number of hydrogen-bond donors (Lipinski definition) is 1. The molecule has 2 heterocycles. The maximum atomic E-state index is 12.7. The zero-order chi connectivity index (χ0) is 21.8. The van der Waals surface area contributed by atoms with Crippen molar-refractivity contribution in [3.05, 3.63) is 58.1 Å². The second-order valence-corrected chi connectivity index (χ2v) is 9.30. The van der Waals surface area contributed by atoms with Crippen molar-refractivity contribution in [3.63, 3.8) is 0 Å². The van der Waals surface area contributed by atoms with Crippen LogP contribution in [0.3, 0.4) is 0 Å². The van der Waals surface area contributed by atoms with Crippen LogP contribution in [-0.4, -0.2) is 43.0 Å². The number of carbonyl (C=O) groups excluding carboxylic acids is 2. The van der Waals surface area contributed by atoms with E-state index >= 15 is 0 Å². The molecule has 0 saturated carbocycles. The summed E-state index contributed by atoms with van der Waals surface area (Å²) in [6, 6.07) is 13.7. The van der Waals surface area contributed by atoms with Crippen molar-refractivity contribution < 1.29 is 14.3 Å². The van der Waals surface area contributed by atoms with Gasteiger partial charge in [0.25, 0.3) is 5.91 Å². The van der Waals surface area contributed by atoms with Crippen molar-refractivity contribution in [1.82, 2.24) is 10.2 Å². The van der Waals surface area contributed by atoms with Crippen LogP contribution in [0.15, 0.2) is 46.9 Å². The number of fused-ring (bicyclic) bond motifs is 1. The molecule has 0 unspecified atom stereocenters. The van der Waals surface area contributed by atoms with Crippen LogP contribution in [-0.2, 0) is 22.7 Å². The largest absolute Gasteiger partial charge is 0.482 e. The van der Waals surface area contributed by atoms with E-state index in [4.69, 9.17) is 4.74 Å². The van der Waals surface area contributed by atoms with E-state index < -0.39 is 0 Å². The number of ether oxygens (including phenoxy) is 1. The molecule has 7 heteroatoms. The first-order valence-corrected chi connectivity index (χ1v) is 11.6. The summed E-state index contributed by atoms with van der Waals surface area (Å²) in [5.41, 5.74) is 2.98. The fraction of sp³-hybridized carbons (Fsp3) is 0.417. The highest BCUT2D eigenvalue weighted by Gasteiger charge is 2.27. The third-order valence-electron chi connectivity index (χ3n) is 6.03. The second-order valence-electron chi connectivity index (χ2n) is 8.38. The Bertz CT molecular complexity index is 957. The van der Waals surface area contributed by atoms with Crippen molar-refractivity contribution in [2.45, 2.75) is 32.9 Å². The Morgan fingerprint density at radius 1 is 1.16 bits per heavy atom. The van der Waals surface area contributed by atoms with Gasteiger partial charge in [-0.1, -0.05) is 47.1 Å². The highest BCUT2D eigenvalue weighted by atomic mass is 79.9. The van der Waals surface area contributed by atoms with Crippen LogP contribution < -0.4 is 15.0 Å². The zero-order valence-corrected chi connectivity index (χ0v) is 19.4. The van der Waals surface area contributed by atoms with Crippen molar-refractivity contribution in [1.29, 1.82) is 0 Å². The van der Waals surface area contributed by atoms with Gasteiger partial charge in [-0.25, -0.2) is 0 Å². The lowest BCUT2D eigenvalue weighted by Gasteiger charge is -2.31. The summed E-state index contributed by atoms with van der Waals surface area (Å²) in [6.07, 6.45) is 2.48. The molecular weight excluding hydrogens is 458 g/mol. The topological polar surface area (TPSA) is 61.9 Å². The molecule has 2 amide bonds. The number of nitrogens with zero attached hydrogens (tertiary/aromatic N) is 2. The van der Waals surface area contributed by atoms with Gasteiger partial charge < -0.3 is 10.1 Å². The van der Waals surface area contributed by atoms with E-state index in [1.807, 2.05) is 18.2 Å². The molecule has 2 aliphatic rings. The highest BCUT2D eigenvalue weighted by molar-refractivity contribution is 9.10. The van der Waals surface area contributed by atoms with E-state index in [9.17, 15) is 9.59 Å². The van der Waals surface area contributed by atoms with Crippen LogP contribution in [0.4, 0.5) is 5.69 Å². The van der Waals surface area contributed by atoms with Gasteiger partial charge >= 0.3 is 0 Å². The molecule has 2 aromatic rings. The number of benzene rings is 2. The van der Waals surface area contributed by atoms with Gasteiger partial charge in [-0.05, 0) is 61.2 Å². The summed E-state index contributed by atoms with van der Waals surface area (Å²) in [4.78, 5) is 29.0. The van der Waals surface area contributed by atoms with Gasteiger partial charge in [0.2, 0.25) is 5.91 Å². The number of amides is 2. The molecule has 0 radical (unpaired) electrons. The predicted molar refractivity (Wildman–Crippen MR) is 124 cm³/mol. The minimum Gasteiger partial charge on any atom is -0.482 e. The minimum atomic E-state index is -0.218. The summed E-state index contributed by atoms with van der Waals surface area (Å²) in [6.45, 7) is 5.83. The molecule has 31 heavy (non-hydrogen) atoms. The van der Waals surface area contributed by atoms with Gasteiger partial charge in [-0.3, -0.25) is 19.4 Å². The van der Waals surface area contributed by atoms with Gasteiger partial charge in [-0.15, -0.1) is 0 Å². The first-order valence-electron chi connectivity index (χ1n) is 10.8. The number of likely N-dealkylation sites (tertiary alicyclic amines) is 1. The molecule has 0 spiro atoms. The van der Waals surface area contributed by atoms with E-state index in [-0.39, 0.29) is 25.0 Å². The quantitative estimate of drug-likeness (QED) is 0.676. The summed E-state index contributed by atoms with van der Waals surface area (Å²) in [7, 11) is 0. The minimum absolute atomic E-state index is 0.0248. The van der Waals surface area contributed by atoms with Gasteiger partial charge in [0, 0.05) is 17.6 Å². The van der Waals surface area contributed by atoms with E-state index in [0.717, 1.165) is 35.6 Å². The third-order valence-corrected chi connectivity index (χ3v) is 6.52. The van der Waals surface area contributed by atoms with E-state index in [0.29, 0.717) is 18.0 Å². The first-order chi connectivity index (χ1) is 15.0. The lowest BCUT2D eigenvalue weighted by Crippen LogP contribution is -2.45. The monoisotopic (exact) mass is 485 g/mol. The molecule has 1 fully saturated rings. The smallest absolute Gasteiger partial charge is 0.265 e. The Morgan fingerprint density at radius 3 is 2.68 bits per heavy atom. The van der Waals surface area contributed by atoms with Gasteiger partial charge in [0.1, 0.15) is 12.3 Å². The van der Waals surface area contributed by atoms with Crippen molar-refractivity contribution in [3.8, 4) is 5.75 Å². The lowest BCUT2D eigenvalue weighted by molar-refractivity contribution is -0.125. The Balaban J connectivity index is 1.37. The Kier molecular flexibility index (Phi) is 6.92. The fourth-order valence-electron chi connectivity index (χ4n) is 4.09. The van der Waals surface area contributed by atoms with Crippen LogP contribution in [0, 0.1) is 5.92 Å². The van der Waals surface area contributed by atoms with Crippen molar-refractivity contribution in [2.75, 3.05) is 31.1 Å². The van der Waals surface area contributed by atoms with E-state index in [1.165, 1.54) is 23.3 Å². The van der Waals surface area contributed by atoms with Gasteiger partial charge in [0.05, 0.1) is 5.69 Å². The number of hydrogen-bond acceptors (Lipinski definition) is 4. The van der Waals surface area contributed by atoms with Crippen molar-refractivity contribution >= 4 is 33.4 Å². The average Bonchev–Trinajstić information content (AvgIpc) is 2.76. The van der Waals surface area contributed by atoms with Crippen molar-refractivity contribution in [2.24, 2.45) is 5.92 Å². The van der Waals surface area contributed by atoms with E-state index in [2.05, 4.69) is 51.3 Å². The standard InChI is InChI=1S/C24H28BrN3O3/c1-17-8-10-27(11-9-17)14-19-5-3-2-4-18(19)13-26-23(29)15-28-21-7-6-20(25)12-22(21)31-16-24(28)30/h2-7,12,17H,8-11,13-16H2,1H3,(H,26,29). The highest BCUT2D eigenvalue weighted by Crippen LogP contribution is 2.34. The normalized spacial score (nSPS) is 17.2. The second kappa shape index (κ2) is 9.83. The SMILES string of the molecule is CC1CCN(Cc2ccccc2CNC(=O)CN2C(=O)COc3cc(Br)ccc32)CC1. The molecule has 1 saturated heterocycles. The van der Waals surface area contributed by atoms with Crippen LogP contribution >= 0.6 is 15.9 Å². The summed E-state index contributed by atoms with van der Waals surface area (Å²) in [5.74, 6) is 0.998. The average molecular weight is 486 g/mol. The molecule has 0 aliphatic carbocycles. The molecule has 0 aromatic heterocycles. The number of anilines is 1. The molecule has 2 aliphatic heterocycles. The summed E-state index contributed by atoms with van der Waals surface area (Å²) >= 11 is 3.41. The predicted octanol–water partition coefficient (Wildman–Crippen LogP) is 3.72. The van der Waals surface area contributed by atoms with Crippen LogP contribution in [0.1, 0.15) is 30.9 Å². The number of nitrogens with one attached hydrogen (secondary N) is 1. The fourth-order valence-corrected chi connectivity index (χ4v) is 4.43. The maximum Gasteiger partial charge on any atom is 0.265 e. The van der Waals surface area contributed by atoms with Crippen LogP contribution in [0.5, 0.6) is 5.75 Å². The Labute approximate surface area is 191 Å². The van der Waals surface area contributed by atoms with E-state index in [1.54, 1.807) is 6.07 Å². The summed E-state index contributed by atoms with van der Waals surface area (Å²) < 4.78 is 6.36. The molecule has 0 bridgehead atoms. The molecule has 0 atom stereocenters. The number of piperidine rings is 1. The molecule has 1 N–H and O–H groups in total. The first kappa shape index (κ1) is 21.8. The summed E-state index contributed by atoms with van der Waals surface area (Å²) in [5, 5.41) is 2.99. The molecular formula is C24H28BrN3O3. The maximum absolute atomic E-state index is 12.7. The Hall–Kier alpha value is -2.38. The number of carbonyl (C=O) groups is 2. The van der Waals surface area contributed by atoms with Gasteiger partial charge in [-0.2, -0.15) is 0 Å². The van der Waals surface area contributed by atoms with Crippen LogP contribution in [0.2, 0.25) is 0 Å². The zero-order valence-electron chi connectivity index (χ0n) is 17.8. The molecule has 4 rings (SSSR count). The number of halogens is 1. The third kappa shape index (κ3) is 5.46. The molecule has 2 aromatic carbocycles. The van der Waals surface area contributed by atoms with Crippen LogP contribution in [0.25, 0.3) is 0 Å². The number of rotatable bonds is 6. The van der Waals surface area contributed by atoms with Gasteiger partial charge in [0.15, 0.2) is 6.61 Å². The molecule has 6 nitrogen and oxygen atoms in total. The molecule has 164 valence electrons. The Morgan fingerprint density at radius 2 is 1.90 bits per heavy atom. The lowest BCUT2D eigenvalue weighted by atomic mass is 9.98.